The first-order valence-corrected chi connectivity index (χ1v) is 11.3. The van der Waals surface area contributed by atoms with E-state index in [1.54, 1.807) is 30.8 Å². The molecule has 1 amide bonds. The number of aromatic amines is 1. The Labute approximate surface area is 194 Å². The van der Waals surface area contributed by atoms with E-state index in [1.807, 2.05) is 49.4 Å². The second-order valence-electron chi connectivity index (χ2n) is 7.37. The zero-order valence-corrected chi connectivity index (χ0v) is 19.3. The summed E-state index contributed by atoms with van der Waals surface area (Å²) in [5.41, 5.74) is 1.44. The Morgan fingerprint density at radius 3 is 2.70 bits per heavy atom. The molecule has 2 N–H and O–H groups in total. The van der Waals surface area contributed by atoms with E-state index in [-0.39, 0.29) is 23.6 Å². The highest BCUT2D eigenvalue weighted by atomic mass is 32.2. The first kappa shape index (κ1) is 22.4. The number of aromatic nitrogens is 5. The minimum absolute atomic E-state index is 0.217. The molecule has 0 aliphatic rings. The number of thioether (sulfide) groups is 1. The van der Waals surface area contributed by atoms with E-state index in [0.29, 0.717) is 22.4 Å². The van der Waals surface area contributed by atoms with Crippen LogP contribution >= 0.6 is 11.8 Å². The van der Waals surface area contributed by atoms with Gasteiger partial charge in [0.05, 0.1) is 11.4 Å². The number of hydrogen-bond acceptors (Lipinski definition) is 6. The standard InChI is InChI=1S/C23H24N6O3S/c1-15-9-10-18(32-15)11-12-19-24-23(27-26-19)33-14-13-20(30)25-21-16(2)28(3)29(22(21)31)17-7-5-4-6-8-17/h4-12H,13-14H2,1-3H3,(H,25,30)(H,24,26,27)/b12-11+. The summed E-state index contributed by atoms with van der Waals surface area (Å²) >= 11 is 1.36. The Kier molecular flexibility index (Phi) is 6.64. The van der Waals surface area contributed by atoms with Crippen LogP contribution in [-0.4, -0.2) is 36.2 Å². The monoisotopic (exact) mass is 464 g/mol. The van der Waals surface area contributed by atoms with Gasteiger partial charge in [0.25, 0.3) is 5.56 Å². The number of H-pyrrole nitrogens is 1. The number of anilines is 1. The number of hydrogen-bond donors (Lipinski definition) is 2. The highest BCUT2D eigenvalue weighted by Gasteiger charge is 2.18. The van der Waals surface area contributed by atoms with Gasteiger partial charge in [-0.25, -0.2) is 9.67 Å². The van der Waals surface area contributed by atoms with Gasteiger partial charge in [-0.05, 0) is 50.3 Å². The third-order valence-corrected chi connectivity index (χ3v) is 5.88. The molecule has 0 aliphatic carbocycles. The summed E-state index contributed by atoms with van der Waals surface area (Å²) < 4.78 is 8.74. The van der Waals surface area contributed by atoms with Gasteiger partial charge < -0.3 is 9.73 Å². The molecule has 9 nitrogen and oxygen atoms in total. The predicted octanol–water partition coefficient (Wildman–Crippen LogP) is 3.80. The van der Waals surface area contributed by atoms with Crippen molar-refractivity contribution in [1.82, 2.24) is 24.5 Å². The minimum atomic E-state index is -0.264. The predicted molar refractivity (Wildman–Crippen MR) is 128 cm³/mol. The van der Waals surface area contributed by atoms with E-state index in [2.05, 4.69) is 20.5 Å². The molecule has 0 fully saturated rings. The maximum Gasteiger partial charge on any atom is 0.295 e. The molecule has 0 aliphatic heterocycles. The zero-order valence-electron chi connectivity index (χ0n) is 18.5. The SMILES string of the molecule is Cc1ccc(/C=C/c2nc(SCCC(=O)Nc3c(C)n(C)n(-c4ccccc4)c3=O)n[nH]2)o1. The molecular formula is C23H24N6O3S. The van der Waals surface area contributed by atoms with Crippen molar-refractivity contribution in [2.45, 2.75) is 25.4 Å². The summed E-state index contributed by atoms with van der Waals surface area (Å²) in [6, 6.07) is 13.1. The maximum absolute atomic E-state index is 12.9. The van der Waals surface area contributed by atoms with Crippen LogP contribution in [0.5, 0.6) is 0 Å². The van der Waals surface area contributed by atoms with Crippen LogP contribution in [0.1, 0.15) is 29.5 Å². The van der Waals surface area contributed by atoms with Gasteiger partial charge in [0.2, 0.25) is 11.1 Å². The quantitative estimate of drug-likeness (QED) is 0.384. The van der Waals surface area contributed by atoms with E-state index < -0.39 is 0 Å². The summed E-state index contributed by atoms with van der Waals surface area (Å²) in [6.07, 6.45) is 3.80. The number of nitrogens with zero attached hydrogens (tertiary/aromatic N) is 4. The first-order chi connectivity index (χ1) is 15.9. The van der Waals surface area contributed by atoms with Crippen LogP contribution in [0.4, 0.5) is 5.69 Å². The largest absolute Gasteiger partial charge is 0.462 e. The summed E-state index contributed by atoms with van der Waals surface area (Å²) in [5.74, 6) is 2.40. The smallest absolute Gasteiger partial charge is 0.295 e. The Morgan fingerprint density at radius 2 is 1.97 bits per heavy atom. The lowest BCUT2D eigenvalue weighted by atomic mass is 10.3. The number of carbonyl (C=O) groups excluding carboxylic acids is 1. The van der Waals surface area contributed by atoms with Crippen LogP contribution in [0.15, 0.2) is 56.8 Å². The van der Waals surface area contributed by atoms with Crippen molar-refractivity contribution in [3.8, 4) is 5.69 Å². The molecule has 0 radical (unpaired) electrons. The third-order valence-electron chi connectivity index (χ3n) is 5.03. The van der Waals surface area contributed by atoms with Crippen molar-refractivity contribution in [2.24, 2.45) is 7.05 Å². The molecule has 4 aromatic rings. The lowest BCUT2D eigenvalue weighted by Gasteiger charge is -2.07. The van der Waals surface area contributed by atoms with Crippen LogP contribution < -0.4 is 10.9 Å². The summed E-state index contributed by atoms with van der Waals surface area (Å²) in [6.45, 7) is 3.69. The Hall–Kier alpha value is -3.79. The second-order valence-corrected chi connectivity index (χ2v) is 8.43. The molecule has 170 valence electrons. The van der Waals surface area contributed by atoms with Crippen LogP contribution in [0.25, 0.3) is 17.8 Å². The maximum atomic E-state index is 12.9. The Balaban J connectivity index is 1.33. The number of para-hydroxylation sites is 1. The fourth-order valence-corrected chi connectivity index (χ4v) is 3.99. The van der Waals surface area contributed by atoms with Crippen LogP contribution in [0.2, 0.25) is 0 Å². The molecule has 0 spiro atoms. The fraction of sp³-hybridized carbons (Fsp3) is 0.217. The number of benzene rings is 1. The van der Waals surface area contributed by atoms with Crippen molar-refractivity contribution in [3.63, 3.8) is 0 Å². The minimum Gasteiger partial charge on any atom is -0.462 e. The van der Waals surface area contributed by atoms with Gasteiger partial charge in [0.15, 0.2) is 0 Å². The molecule has 3 aromatic heterocycles. The van der Waals surface area contributed by atoms with E-state index in [1.165, 1.54) is 16.4 Å². The molecule has 4 rings (SSSR count). The number of nitrogens with one attached hydrogen (secondary N) is 2. The van der Waals surface area contributed by atoms with Crippen molar-refractivity contribution in [1.29, 1.82) is 0 Å². The number of rotatable bonds is 8. The van der Waals surface area contributed by atoms with E-state index in [0.717, 1.165) is 17.2 Å². The van der Waals surface area contributed by atoms with Crippen molar-refractivity contribution in [3.05, 3.63) is 75.9 Å². The van der Waals surface area contributed by atoms with Gasteiger partial charge in [-0.2, -0.15) is 0 Å². The van der Waals surface area contributed by atoms with Crippen LogP contribution in [-0.2, 0) is 11.8 Å². The van der Waals surface area contributed by atoms with Crippen LogP contribution in [0, 0.1) is 13.8 Å². The van der Waals surface area contributed by atoms with E-state index >= 15 is 0 Å². The van der Waals surface area contributed by atoms with E-state index in [9.17, 15) is 9.59 Å². The fourth-order valence-electron chi connectivity index (χ4n) is 3.25. The molecule has 0 bridgehead atoms. The number of amides is 1. The lowest BCUT2D eigenvalue weighted by Crippen LogP contribution is -2.23. The molecule has 33 heavy (non-hydrogen) atoms. The van der Waals surface area contributed by atoms with Crippen molar-refractivity contribution >= 4 is 35.5 Å². The van der Waals surface area contributed by atoms with Crippen molar-refractivity contribution in [2.75, 3.05) is 11.1 Å². The molecule has 10 heteroatoms. The molecule has 0 unspecified atom stereocenters. The Bertz CT molecular complexity index is 1350. The highest BCUT2D eigenvalue weighted by molar-refractivity contribution is 7.99. The molecule has 0 saturated heterocycles. The second kappa shape index (κ2) is 9.78. The molecule has 3 heterocycles. The number of aryl methyl sites for hydroxylation is 1. The molecule has 0 atom stereocenters. The summed E-state index contributed by atoms with van der Waals surface area (Å²) in [7, 11) is 1.79. The summed E-state index contributed by atoms with van der Waals surface area (Å²) in [4.78, 5) is 29.7. The summed E-state index contributed by atoms with van der Waals surface area (Å²) in [5, 5.41) is 10.3. The number of carbonyl (C=O) groups is 1. The van der Waals surface area contributed by atoms with Gasteiger partial charge in [-0.3, -0.25) is 19.4 Å². The lowest BCUT2D eigenvalue weighted by molar-refractivity contribution is -0.115. The van der Waals surface area contributed by atoms with Gasteiger partial charge in [0, 0.05) is 19.2 Å². The van der Waals surface area contributed by atoms with Gasteiger partial charge in [-0.15, -0.1) is 5.10 Å². The third kappa shape index (κ3) is 5.17. The van der Waals surface area contributed by atoms with Gasteiger partial charge in [0.1, 0.15) is 23.0 Å². The van der Waals surface area contributed by atoms with Crippen molar-refractivity contribution < 1.29 is 9.21 Å². The molecular weight excluding hydrogens is 440 g/mol. The first-order valence-electron chi connectivity index (χ1n) is 10.4. The molecule has 0 saturated carbocycles. The Morgan fingerprint density at radius 1 is 1.18 bits per heavy atom. The average Bonchev–Trinajstić information content (AvgIpc) is 3.49. The van der Waals surface area contributed by atoms with Gasteiger partial charge in [-0.1, -0.05) is 30.0 Å². The van der Waals surface area contributed by atoms with E-state index in [4.69, 9.17) is 4.42 Å². The average molecular weight is 465 g/mol. The topological polar surface area (TPSA) is 111 Å². The zero-order chi connectivity index (χ0) is 23.4. The van der Waals surface area contributed by atoms with Crippen LogP contribution in [0.3, 0.4) is 0 Å². The molecule has 1 aromatic carbocycles. The normalized spacial score (nSPS) is 11.4. The number of furan rings is 1. The van der Waals surface area contributed by atoms with Gasteiger partial charge >= 0.3 is 0 Å². The highest BCUT2D eigenvalue weighted by Crippen LogP contribution is 2.17.